The molecule has 3 aliphatic rings. The van der Waals surface area contributed by atoms with E-state index in [9.17, 15) is 9.59 Å². The zero-order valence-electron chi connectivity index (χ0n) is 18.8. The summed E-state index contributed by atoms with van der Waals surface area (Å²) in [6.45, 7) is 5.05. The summed E-state index contributed by atoms with van der Waals surface area (Å²) in [5.74, 6) is 0.556. The molecule has 172 valence electrons. The van der Waals surface area contributed by atoms with Gasteiger partial charge in [0, 0.05) is 42.8 Å². The highest BCUT2D eigenvalue weighted by Gasteiger charge is 2.38. The summed E-state index contributed by atoms with van der Waals surface area (Å²) in [4.78, 5) is 31.1. The van der Waals surface area contributed by atoms with Crippen LogP contribution < -0.4 is 15.4 Å². The average molecular weight is 447 g/mol. The van der Waals surface area contributed by atoms with Crippen LogP contribution in [0.25, 0.3) is 0 Å². The van der Waals surface area contributed by atoms with Crippen molar-refractivity contribution >= 4 is 11.8 Å². The molecule has 2 N–H and O–H groups in total. The van der Waals surface area contributed by atoms with E-state index in [-0.39, 0.29) is 24.0 Å². The van der Waals surface area contributed by atoms with Gasteiger partial charge in [0.05, 0.1) is 0 Å². The largest absolute Gasteiger partial charge is 0.489 e. The lowest BCUT2D eigenvalue weighted by Crippen LogP contribution is -2.49. The zero-order chi connectivity index (χ0) is 22.8. The van der Waals surface area contributed by atoms with Gasteiger partial charge < -0.3 is 20.3 Å². The Balaban J connectivity index is 1.25. The molecule has 1 saturated heterocycles. The van der Waals surface area contributed by atoms with Gasteiger partial charge in [0.15, 0.2) is 0 Å². The van der Waals surface area contributed by atoms with Crippen molar-refractivity contribution in [3.05, 3.63) is 71.7 Å². The smallest absolute Gasteiger partial charge is 0.255 e. The number of carbonyl (C=O) groups is 2. The van der Waals surface area contributed by atoms with E-state index in [1.807, 2.05) is 42.7 Å². The Morgan fingerprint density at radius 3 is 2.76 bits per heavy atom. The van der Waals surface area contributed by atoms with Gasteiger partial charge in [-0.3, -0.25) is 14.6 Å². The number of nitrogens with zero attached hydrogens (tertiary/aromatic N) is 2. The number of nitrogens with one attached hydrogen (secondary N) is 2. The molecule has 7 nitrogen and oxygen atoms in total. The average Bonchev–Trinajstić information content (AvgIpc) is 3.14. The third-order valence-electron chi connectivity index (χ3n) is 6.91. The fraction of sp³-hybridized carbons (Fsp3) is 0.423. The third-order valence-corrected chi connectivity index (χ3v) is 6.91. The van der Waals surface area contributed by atoms with Crippen molar-refractivity contribution in [1.82, 2.24) is 20.5 Å². The fourth-order valence-electron chi connectivity index (χ4n) is 5.10. The van der Waals surface area contributed by atoms with E-state index in [0.29, 0.717) is 24.9 Å². The van der Waals surface area contributed by atoms with Gasteiger partial charge in [0.25, 0.3) is 5.91 Å². The standard InChI is InChI=1S/C26H30N4O3/c1-17-6-9-23(25(31)29-17)30-16-19-14-20(7-8-21(19)26(30)32)33-24-5-3-2-4-22(24)28-15-18-10-12-27-13-11-18/h7-8,10-14,22-24,28H,1-6,9,15-16H2,(H,29,31)/t22-,23?,24-/m1/s1. The Kier molecular flexibility index (Phi) is 6.13. The Morgan fingerprint density at radius 1 is 1.12 bits per heavy atom. The first-order valence-electron chi connectivity index (χ1n) is 11.8. The molecule has 1 aromatic carbocycles. The van der Waals surface area contributed by atoms with Crippen LogP contribution in [0.4, 0.5) is 0 Å². The Bertz CT molecular complexity index is 1050. The number of benzene rings is 1. The monoisotopic (exact) mass is 446 g/mol. The van der Waals surface area contributed by atoms with E-state index in [0.717, 1.165) is 42.8 Å². The van der Waals surface area contributed by atoms with Crippen LogP contribution in [-0.2, 0) is 17.9 Å². The summed E-state index contributed by atoms with van der Waals surface area (Å²) in [6, 6.07) is 9.58. The van der Waals surface area contributed by atoms with Crippen LogP contribution in [0.3, 0.4) is 0 Å². The van der Waals surface area contributed by atoms with Gasteiger partial charge >= 0.3 is 0 Å². The molecule has 5 rings (SSSR count). The van der Waals surface area contributed by atoms with Gasteiger partial charge in [-0.15, -0.1) is 0 Å². The van der Waals surface area contributed by atoms with Crippen molar-refractivity contribution in [2.24, 2.45) is 0 Å². The van der Waals surface area contributed by atoms with Crippen LogP contribution >= 0.6 is 0 Å². The second-order valence-electron chi connectivity index (χ2n) is 9.18. The Labute approximate surface area is 194 Å². The van der Waals surface area contributed by atoms with Crippen molar-refractivity contribution in [3.63, 3.8) is 0 Å². The van der Waals surface area contributed by atoms with E-state index in [1.54, 1.807) is 4.90 Å². The van der Waals surface area contributed by atoms with Gasteiger partial charge in [-0.2, -0.15) is 0 Å². The third kappa shape index (κ3) is 4.64. The molecule has 0 bridgehead atoms. The molecule has 0 spiro atoms. The second-order valence-corrected chi connectivity index (χ2v) is 9.18. The van der Waals surface area contributed by atoms with Crippen molar-refractivity contribution < 1.29 is 14.3 Å². The highest BCUT2D eigenvalue weighted by Crippen LogP contribution is 2.32. The fourth-order valence-corrected chi connectivity index (χ4v) is 5.10. The molecule has 3 atom stereocenters. The molecule has 0 radical (unpaired) electrons. The number of carbonyl (C=O) groups excluding carboxylic acids is 2. The molecule has 1 aliphatic carbocycles. The van der Waals surface area contributed by atoms with Crippen molar-refractivity contribution in [2.75, 3.05) is 0 Å². The Hall–Kier alpha value is -3.19. The lowest BCUT2D eigenvalue weighted by atomic mass is 9.92. The number of hydrogen-bond donors (Lipinski definition) is 2. The van der Waals surface area contributed by atoms with Crippen molar-refractivity contribution in [1.29, 1.82) is 0 Å². The predicted octanol–water partition coefficient (Wildman–Crippen LogP) is 3.31. The molecule has 1 saturated carbocycles. The van der Waals surface area contributed by atoms with Crippen LogP contribution in [0.1, 0.15) is 60.0 Å². The van der Waals surface area contributed by atoms with Gasteiger partial charge in [-0.25, -0.2) is 0 Å². The van der Waals surface area contributed by atoms with Crippen LogP contribution in [0, 0.1) is 0 Å². The topological polar surface area (TPSA) is 83.6 Å². The number of allylic oxidation sites excluding steroid dienone is 1. The number of rotatable bonds is 6. The minimum Gasteiger partial charge on any atom is -0.489 e. The van der Waals surface area contributed by atoms with E-state index >= 15 is 0 Å². The van der Waals surface area contributed by atoms with E-state index in [1.165, 1.54) is 12.0 Å². The molecule has 3 heterocycles. The molecule has 2 aliphatic heterocycles. The molecule has 33 heavy (non-hydrogen) atoms. The molecular formula is C26H30N4O3. The molecule has 1 unspecified atom stereocenters. The van der Waals surface area contributed by atoms with E-state index < -0.39 is 6.04 Å². The minimum absolute atomic E-state index is 0.0845. The maximum absolute atomic E-state index is 13.0. The number of ether oxygens (including phenoxy) is 1. The van der Waals surface area contributed by atoms with E-state index in [2.05, 4.69) is 22.2 Å². The van der Waals surface area contributed by atoms with Gasteiger partial charge in [-0.1, -0.05) is 13.0 Å². The van der Waals surface area contributed by atoms with E-state index in [4.69, 9.17) is 4.74 Å². The first kappa shape index (κ1) is 21.6. The summed E-state index contributed by atoms with van der Waals surface area (Å²) in [6.07, 6.45) is 9.44. The first-order chi connectivity index (χ1) is 16.1. The number of hydrogen-bond acceptors (Lipinski definition) is 5. The van der Waals surface area contributed by atoms with Crippen LogP contribution in [-0.4, -0.2) is 39.9 Å². The lowest BCUT2D eigenvalue weighted by molar-refractivity contribution is -0.126. The van der Waals surface area contributed by atoms with Gasteiger partial charge in [-0.05, 0) is 73.6 Å². The number of amides is 2. The van der Waals surface area contributed by atoms with Gasteiger partial charge in [0.1, 0.15) is 17.9 Å². The van der Waals surface area contributed by atoms with Crippen molar-refractivity contribution in [2.45, 2.75) is 69.8 Å². The summed E-state index contributed by atoms with van der Waals surface area (Å²) in [5, 5.41) is 6.44. The van der Waals surface area contributed by atoms with Crippen molar-refractivity contribution in [3.8, 4) is 5.75 Å². The number of pyridine rings is 1. The van der Waals surface area contributed by atoms with Crippen LogP contribution in [0.2, 0.25) is 0 Å². The molecule has 7 heteroatoms. The summed E-state index contributed by atoms with van der Waals surface area (Å²) in [5.41, 5.74) is 3.51. The quantitative estimate of drug-likeness (QED) is 0.711. The molecule has 1 aromatic heterocycles. The maximum atomic E-state index is 13.0. The second kappa shape index (κ2) is 9.35. The molecule has 2 aromatic rings. The number of aromatic nitrogens is 1. The summed E-state index contributed by atoms with van der Waals surface area (Å²) in [7, 11) is 0. The lowest BCUT2D eigenvalue weighted by Gasteiger charge is -2.33. The normalized spacial score (nSPS) is 25.0. The van der Waals surface area contributed by atoms with Gasteiger partial charge in [0.2, 0.25) is 5.91 Å². The summed E-state index contributed by atoms with van der Waals surface area (Å²) >= 11 is 0. The highest BCUT2D eigenvalue weighted by atomic mass is 16.5. The first-order valence-corrected chi connectivity index (χ1v) is 11.8. The SMILES string of the molecule is C=C1CCC(N2Cc3cc(O[C@@H]4CCCC[C@H]4NCc4ccncc4)ccc3C2=O)C(=O)N1. The summed E-state index contributed by atoms with van der Waals surface area (Å²) < 4.78 is 6.44. The highest BCUT2D eigenvalue weighted by molar-refractivity contribution is 6.01. The molecule has 2 fully saturated rings. The molecular weight excluding hydrogens is 416 g/mol. The zero-order valence-corrected chi connectivity index (χ0v) is 18.8. The number of fused-ring (bicyclic) bond motifs is 1. The maximum Gasteiger partial charge on any atom is 0.255 e. The van der Waals surface area contributed by atoms with Crippen LogP contribution in [0.15, 0.2) is 55.0 Å². The number of piperidine rings is 1. The minimum atomic E-state index is -0.445. The predicted molar refractivity (Wildman–Crippen MR) is 124 cm³/mol. The molecule has 2 amide bonds. The van der Waals surface area contributed by atoms with Crippen LogP contribution in [0.5, 0.6) is 5.75 Å². The Morgan fingerprint density at radius 2 is 1.94 bits per heavy atom.